The van der Waals surface area contributed by atoms with Crippen LogP contribution in [0.3, 0.4) is 0 Å². The summed E-state index contributed by atoms with van der Waals surface area (Å²) in [6.45, 7) is 4.33. The Morgan fingerprint density at radius 1 is 0.806 bits per heavy atom. The van der Waals surface area contributed by atoms with Gasteiger partial charge in [-0.15, -0.1) is 20.4 Å². The van der Waals surface area contributed by atoms with Crippen LogP contribution in [0.25, 0.3) is 0 Å². The van der Waals surface area contributed by atoms with Gasteiger partial charge >= 0.3 is 0 Å². The Morgan fingerprint density at radius 2 is 1.31 bits per heavy atom. The van der Waals surface area contributed by atoms with Crippen molar-refractivity contribution in [2.75, 3.05) is 10.6 Å². The van der Waals surface area contributed by atoms with E-state index in [0.717, 1.165) is 38.5 Å². The topological polar surface area (TPSA) is 132 Å². The molecule has 0 fully saturated rings. The van der Waals surface area contributed by atoms with E-state index < -0.39 is 5.75 Å². The number of hydrogen-bond donors (Lipinski definition) is 2. The molecule has 2 N–H and O–H groups in total. The number of hydrogen-bond acceptors (Lipinski definition) is 8. The first-order valence-corrected chi connectivity index (χ1v) is 14.0. The number of carbonyl (C=O) groups is 2. The van der Waals surface area contributed by atoms with Crippen LogP contribution in [0.2, 0.25) is 0 Å². The van der Waals surface area contributed by atoms with E-state index in [1.165, 1.54) is 67.5 Å². The summed E-state index contributed by atoms with van der Waals surface area (Å²) in [5.74, 6) is -0.909. The number of benzene rings is 1. The smallest absolute Gasteiger partial charge is 0.251 e. The summed E-state index contributed by atoms with van der Waals surface area (Å²) in [5.41, 5.74) is 2.02. The molecule has 1 aromatic heterocycles. The lowest BCUT2D eigenvalue weighted by Gasteiger charge is -2.20. The van der Waals surface area contributed by atoms with Crippen LogP contribution in [0.1, 0.15) is 104 Å². The third kappa shape index (κ3) is 11.7. The zero-order chi connectivity index (χ0) is 26.0. The third-order valence-electron chi connectivity index (χ3n) is 5.74. The maximum absolute atomic E-state index is 13.0. The number of azo groups is 1. The molecule has 0 atom stereocenters. The SMILES string of the molecule is CCCCCCCCC(=O)Nc1cc(N=Nc2nncs2)cc(NC(=O)CCCCCCCC)c1[O-]. The fourth-order valence-electron chi connectivity index (χ4n) is 3.73. The molecular weight excluding hydrogens is 476 g/mol. The second-order valence-electron chi connectivity index (χ2n) is 8.92. The third-order valence-corrected chi connectivity index (χ3v) is 6.31. The van der Waals surface area contributed by atoms with E-state index >= 15 is 0 Å². The van der Waals surface area contributed by atoms with Crippen LogP contribution in [0.5, 0.6) is 5.75 Å². The molecule has 2 rings (SSSR count). The number of aromatic nitrogens is 2. The average Bonchev–Trinajstić information content (AvgIpc) is 3.38. The Hall–Kier alpha value is -2.88. The molecule has 0 aliphatic heterocycles. The fourth-order valence-corrected chi connectivity index (χ4v) is 4.10. The van der Waals surface area contributed by atoms with Gasteiger partial charge in [0.2, 0.25) is 11.8 Å². The van der Waals surface area contributed by atoms with Crippen LogP contribution in [-0.4, -0.2) is 22.0 Å². The first-order chi connectivity index (χ1) is 17.5. The summed E-state index contributed by atoms with van der Waals surface area (Å²) in [6, 6.07) is 2.94. The van der Waals surface area contributed by atoms with Crippen LogP contribution in [-0.2, 0) is 9.59 Å². The van der Waals surface area contributed by atoms with E-state index in [-0.39, 0.29) is 23.2 Å². The number of amides is 2. The average molecular weight is 516 g/mol. The van der Waals surface area contributed by atoms with Gasteiger partial charge in [0.25, 0.3) is 5.13 Å². The molecule has 0 aliphatic carbocycles. The van der Waals surface area contributed by atoms with Crippen LogP contribution >= 0.6 is 11.3 Å². The van der Waals surface area contributed by atoms with Gasteiger partial charge in [0.15, 0.2) is 0 Å². The molecule has 0 bridgehead atoms. The van der Waals surface area contributed by atoms with Crippen LogP contribution in [0.4, 0.5) is 22.2 Å². The molecule has 0 aliphatic rings. The number of carbonyl (C=O) groups excluding carboxylic acids is 2. The lowest BCUT2D eigenvalue weighted by atomic mass is 10.1. The van der Waals surface area contributed by atoms with Gasteiger partial charge in [-0.05, 0) is 25.0 Å². The molecule has 9 nitrogen and oxygen atoms in total. The highest BCUT2D eigenvalue weighted by atomic mass is 32.1. The predicted molar refractivity (Wildman–Crippen MR) is 143 cm³/mol. The maximum Gasteiger partial charge on any atom is 0.251 e. The standard InChI is InChI=1S/C26H40N6O3S/c1-3-5-7-9-11-13-15-23(33)28-21-17-20(30-32-26-31-27-19-36-26)18-22(25(21)35)29-24(34)16-14-12-10-8-6-4-2/h17-19,35H,3-16H2,1-2H3,(H,28,33)(H,29,34)/p-1. The monoisotopic (exact) mass is 515 g/mol. The number of nitrogens with zero attached hydrogens (tertiary/aromatic N) is 4. The van der Waals surface area contributed by atoms with Crippen molar-refractivity contribution < 1.29 is 14.7 Å². The molecule has 36 heavy (non-hydrogen) atoms. The minimum Gasteiger partial charge on any atom is -0.870 e. The molecule has 0 saturated heterocycles. The van der Waals surface area contributed by atoms with Crippen molar-refractivity contribution in [2.45, 2.75) is 104 Å². The van der Waals surface area contributed by atoms with E-state index in [1.807, 2.05) is 0 Å². The van der Waals surface area contributed by atoms with Crippen LogP contribution in [0, 0.1) is 0 Å². The second kappa shape index (κ2) is 17.5. The minimum absolute atomic E-state index is 0.0783. The molecule has 2 amide bonds. The Balaban J connectivity index is 2.03. The minimum atomic E-state index is -0.447. The summed E-state index contributed by atoms with van der Waals surface area (Å²) in [6.07, 6.45) is 13.5. The molecule has 0 spiro atoms. The fraction of sp³-hybridized carbons (Fsp3) is 0.615. The highest BCUT2D eigenvalue weighted by Gasteiger charge is 2.11. The Kier molecular flexibility index (Phi) is 14.3. The van der Waals surface area contributed by atoms with Crippen molar-refractivity contribution in [3.05, 3.63) is 17.6 Å². The van der Waals surface area contributed by atoms with E-state index in [4.69, 9.17) is 0 Å². The Labute approximate surface area is 218 Å². The van der Waals surface area contributed by atoms with Gasteiger partial charge in [0.05, 0.1) is 5.69 Å². The van der Waals surface area contributed by atoms with Gasteiger partial charge in [0.1, 0.15) is 5.51 Å². The zero-order valence-corrected chi connectivity index (χ0v) is 22.4. The zero-order valence-electron chi connectivity index (χ0n) is 21.6. The van der Waals surface area contributed by atoms with E-state index in [9.17, 15) is 14.7 Å². The van der Waals surface area contributed by atoms with Crippen molar-refractivity contribution in [1.82, 2.24) is 10.2 Å². The van der Waals surface area contributed by atoms with Gasteiger partial charge in [-0.25, -0.2) is 0 Å². The van der Waals surface area contributed by atoms with Crippen LogP contribution in [0.15, 0.2) is 27.9 Å². The first-order valence-electron chi connectivity index (χ1n) is 13.2. The molecule has 1 heterocycles. The van der Waals surface area contributed by atoms with Crippen molar-refractivity contribution in [3.8, 4) is 5.75 Å². The maximum atomic E-state index is 13.0. The molecule has 0 saturated carbocycles. The molecule has 198 valence electrons. The molecular formula is C26H39N6O3S-. The number of anilines is 2. The van der Waals surface area contributed by atoms with Gasteiger partial charge in [-0.1, -0.05) is 95.1 Å². The molecule has 0 radical (unpaired) electrons. The number of unbranched alkanes of at least 4 members (excludes halogenated alkanes) is 10. The van der Waals surface area contributed by atoms with E-state index in [2.05, 4.69) is 44.9 Å². The van der Waals surface area contributed by atoms with Crippen molar-refractivity contribution in [2.24, 2.45) is 10.2 Å². The van der Waals surface area contributed by atoms with Gasteiger partial charge in [0, 0.05) is 24.2 Å². The highest BCUT2D eigenvalue weighted by molar-refractivity contribution is 7.13. The summed E-state index contributed by atoms with van der Waals surface area (Å²) < 4.78 is 0. The van der Waals surface area contributed by atoms with Gasteiger partial charge < -0.3 is 15.7 Å². The summed E-state index contributed by atoms with van der Waals surface area (Å²) in [5, 5.41) is 34.4. The quantitative estimate of drug-likeness (QED) is 0.158. The summed E-state index contributed by atoms with van der Waals surface area (Å²) in [4.78, 5) is 25.0. The predicted octanol–water partition coefficient (Wildman–Crippen LogP) is 7.41. The lowest BCUT2D eigenvalue weighted by Crippen LogP contribution is -2.16. The van der Waals surface area contributed by atoms with Gasteiger partial charge in [-0.2, -0.15) is 0 Å². The lowest BCUT2D eigenvalue weighted by molar-refractivity contribution is -0.265. The molecule has 2 aromatic rings. The molecule has 10 heteroatoms. The highest BCUT2D eigenvalue weighted by Crippen LogP contribution is 2.36. The number of rotatable bonds is 18. The van der Waals surface area contributed by atoms with E-state index in [1.54, 1.807) is 0 Å². The van der Waals surface area contributed by atoms with Gasteiger partial charge in [-0.3, -0.25) is 9.59 Å². The Bertz CT molecular complexity index is 898. The van der Waals surface area contributed by atoms with E-state index in [0.29, 0.717) is 23.7 Å². The van der Waals surface area contributed by atoms with Crippen molar-refractivity contribution in [3.63, 3.8) is 0 Å². The normalized spacial score (nSPS) is 11.2. The molecule has 1 aromatic carbocycles. The van der Waals surface area contributed by atoms with Crippen molar-refractivity contribution >= 4 is 45.3 Å². The largest absolute Gasteiger partial charge is 0.870 e. The summed E-state index contributed by atoms with van der Waals surface area (Å²) in [7, 11) is 0. The summed E-state index contributed by atoms with van der Waals surface area (Å²) >= 11 is 1.22. The second-order valence-corrected chi connectivity index (χ2v) is 9.73. The van der Waals surface area contributed by atoms with Crippen LogP contribution < -0.4 is 15.7 Å². The van der Waals surface area contributed by atoms with Crippen molar-refractivity contribution in [1.29, 1.82) is 0 Å². The number of nitrogens with one attached hydrogen (secondary N) is 2. The first kappa shape index (κ1) is 29.4. The molecule has 0 unspecified atom stereocenters. The Morgan fingerprint density at radius 3 is 1.78 bits per heavy atom.